The highest BCUT2D eigenvalue weighted by Crippen LogP contribution is 2.24. The fraction of sp³-hybridized carbons (Fsp3) is 0.455. The fourth-order valence-electron chi connectivity index (χ4n) is 1.86. The highest BCUT2D eigenvalue weighted by atomic mass is 79.9. The topological polar surface area (TPSA) is 62.7 Å². The van der Waals surface area contributed by atoms with Gasteiger partial charge in [0.1, 0.15) is 11.4 Å². The average Bonchev–Trinajstić information content (AvgIpc) is 2.30. The van der Waals surface area contributed by atoms with Crippen LogP contribution in [-0.2, 0) is 4.74 Å². The van der Waals surface area contributed by atoms with Crippen molar-refractivity contribution < 1.29 is 14.6 Å². The van der Waals surface area contributed by atoms with Gasteiger partial charge in [0.15, 0.2) is 0 Å². The molecule has 1 fully saturated rings. The summed E-state index contributed by atoms with van der Waals surface area (Å²) in [6.07, 6.45) is 1.62. The molecule has 5 nitrogen and oxygen atoms in total. The maximum Gasteiger partial charge on any atom is 0.339 e. The molecule has 0 bridgehead atoms. The van der Waals surface area contributed by atoms with Gasteiger partial charge in [-0.3, -0.25) is 0 Å². The highest BCUT2D eigenvalue weighted by Gasteiger charge is 2.24. The van der Waals surface area contributed by atoms with Crippen LogP contribution in [0.15, 0.2) is 16.7 Å². The maximum absolute atomic E-state index is 11.2. The van der Waals surface area contributed by atoms with E-state index in [2.05, 4.69) is 20.9 Å². The lowest BCUT2D eigenvalue weighted by Crippen LogP contribution is -2.44. The summed E-state index contributed by atoms with van der Waals surface area (Å²) in [6.45, 7) is 3.85. The zero-order valence-electron chi connectivity index (χ0n) is 9.39. The first-order chi connectivity index (χ1) is 8.09. The van der Waals surface area contributed by atoms with Crippen molar-refractivity contribution in [1.29, 1.82) is 0 Å². The van der Waals surface area contributed by atoms with Crippen LogP contribution in [0.1, 0.15) is 17.3 Å². The van der Waals surface area contributed by atoms with Crippen LogP contribution in [0.4, 0.5) is 5.82 Å². The molecule has 0 saturated carbocycles. The van der Waals surface area contributed by atoms with Crippen LogP contribution in [0.25, 0.3) is 0 Å². The van der Waals surface area contributed by atoms with E-state index < -0.39 is 5.97 Å². The quantitative estimate of drug-likeness (QED) is 0.902. The highest BCUT2D eigenvalue weighted by molar-refractivity contribution is 9.10. The molecule has 1 aliphatic rings. The Balaban J connectivity index is 2.39. The summed E-state index contributed by atoms with van der Waals surface area (Å²) in [5.74, 6) is -0.455. The minimum atomic E-state index is -0.965. The largest absolute Gasteiger partial charge is 0.478 e. The molecule has 1 unspecified atom stereocenters. The molecule has 1 saturated heterocycles. The molecule has 1 aromatic heterocycles. The van der Waals surface area contributed by atoms with E-state index >= 15 is 0 Å². The summed E-state index contributed by atoms with van der Waals surface area (Å²) >= 11 is 3.23. The Morgan fingerprint density at radius 2 is 2.47 bits per heavy atom. The molecule has 92 valence electrons. The summed E-state index contributed by atoms with van der Waals surface area (Å²) in [4.78, 5) is 17.4. The van der Waals surface area contributed by atoms with E-state index in [-0.39, 0.29) is 11.6 Å². The average molecular weight is 301 g/mol. The van der Waals surface area contributed by atoms with Crippen LogP contribution in [0, 0.1) is 0 Å². The molecule has 1 atom stereocenters. The predicted molar refractivity (Wildman–Crippen MR) is 66.5 cm³/mol. The van der Waals surface area contributed by atoms with Crippen molar-refractivity contribution in [2.24, 2.45) is 0 Å². The van der Waals surface area contributed by atoms with Crippen LogP contribution < -0.4 is 4.90 Å². The van der Waals surface area contributed by atoms with Crippen molar-refractivity contribution >= 4 is 27.7 Å². The van der Waals surface area contributed by atoms with Gasteiger partial charge in [0.2, 0.25) is 0 Å². The van der Waals surface area contributed by atoms with Crippen molar-refractivity contribution in [3.05, 3.63) is 22.3 Å². The zero-order valence-corrected chi connectivity index (χ0v) is 11.0. The molecule has 0 amide bonds. The molecule has 0 aliphatic carbocycles. The third-order valence-electron chi connectivity index (χ3n) is 2.70. The van der Waals surface area contributed by atoms with Gasteiger partial charge in [0.25, 0.3) is 0 Å². The second kappa shape index (κ2) is 5.01. The van der Waals surface area contributed by atoms with E-state index in [4.69, 9.17) is 4.74 Å². The van der Waals surface area contributed by atoms with Gasteiger partial charge in [-0.05, 0) is 28.9 Å². The van der Waals surface area contributed by atoms with E-state index in [0.717, 1.165) is 0 Å². The van der Waals surface area contributed by atoms with Crippen molar-refractivity contribution in [3.63, 3.8) is 0 Å². The zero-order chi connectivity index (χ0) is 12.4. The van der Waals surface area contributed by atoms with E-state index in [1.807, 2.05) is 11.8 Å². The number of morpholine rings is 1. The summed E-state index contributed by atoms with van der Waals surface area (Å²) in [5.41, 5.74) is 0.216. The van der Waals surface area contributed by atoms with Crippen molar-refractivity contribution in [1.82, 2.24) is 4.98 Å². The number of carboxylic acids is 1. The number of pyridine rings is 1. The number of nitrogens with zero attached hydrogens (tertiary/aromatic N) is 2. The monoisotopic (exact) mass is 300 g/mol. The molecule has 1 aromatic rings. The number of aromatic carboxylic acids is 1. The summed E-state index contributed by atoms with van der Waals surface area (Å²) < 4.78 is 6.00. The molecule has 1 N–H and O–H groups in total. The Kier molecular flexibility index (Phi) is 3.63. The Morgan fingerprint density at radius 1 is 1.71 bits per heavy atom. The minimum absolute atomic E-state index is 0.135. The molecule has 0 aromatic carbocycles. The van der Waals surface area contributed by atoms with Gasteiger partial charge in [-0.1, -0.05) is 0 Å². The SMILES string of the molecule is CC1COCCN1c1ncc(Br)cc1C(=O)O. The Hall–Kier alpha value is -1.14. The molecule has 2 rings (SSSR count). The summed E-state index contributed by atoms with van der Waals surface area (Å²) in [7, 11) is 0. The first-order valence-electron chi connectivity index (χ1n) is 5.33. The number of carbonyl (C=O) groups is 1. The van der Waals surface area contributed by atoms with Crippen LogP contribution in [0.5, 0.6) is 0 Å². The Labute approximate surface area is 108 Å². The van der Waals surface area contributed by atoms with Crippen molar-refractivity contribution in [3.8, 4) is 0 Å². The van der Waals surface area contributed by atoms with Gasteiger partial charge >= 0.3 is 5.97 Å². The third-order valence-corrected chi connectivity index (χ3v) is 3.14. The first-order valence-corrected chi connectivity index (χ1v) is 6.12. The smallest absolute Gasteiger partial charge is 0.339 e. The molecule has 17 heavy (non-hydrogen) atoms. The van der Waals surface area contributed by atoms with E-state index in [0.29, 0.717) is 30.0 Å². The van der Waals surface area contributed by atoms with Gasteiger partial charge in [0.05, 0.1) is 19.3 Å². The molecular formula is C11H13BrN2O3. The number of hydrogen-bond donors (Lipinski definition) is 1. The van der Waals surface area contributed by atoms with Crippen LogP contribution in [-0.4, -0.2) is 41.9 Å². The molecule has 1 aliphatic heterocycles. The van der Waals surface area contributed by atoms with Crippen LogP contribution in [0.3, 0.4) is 0 Å². The van der Waals surface area contributed by atoms with Gasteiger partial charge in [-0.25, -0.2) is 9.78 Å². The molecule has 6 heteroatoms. The number of ether oxygens (including phenoxy) is 1. The summed E-state index contributed by atoms with van der Waals surface area (Å²) in [5, 5.41) is 9.19. The normalized spacial score (nSPS) is 20.4. The summed E-state index contributed by atoms with van der Waals surface area (Å²) in [6, 6.07) is 1.71. The second-order valence-electron chi connectivity index (χ2n) is 3.95. The fourth-order valence-corrected chi connectivity index (χ4v) is 2.19. The number of aromatic nitrogens is 1. The van der Waals surface area contributed by atoms with E-state index in [1.165, 1.54) is 0 Å². The number of hydrogen-bond acceptors (Lipinski definition) is 4. The molecule has 0 spiro atoms. The maximum atomic E-state index is 11.2. The predicted octanol–water partition coefficient (Wildman–Crippen LogP) is 1.77. The van der Waals surface area contributed by atoms with Gasteiger partial charge < -0.3 is 14.7 Å². The minimum Gasteiger partial charge on any atom is -0.478 e. The Bertz CT molecular complexity index is 439. The van der Waals surface area contributed by atoms with Crippen LogP contribution >= 0.6 is 15.9 Å². The van der Waals surface area contributed by atoms with Gasteiger partial charge in [-0.2, -0.15) is 0 Å². The number of halogens is 1. The molecule has 0 radical (unpaired) electrons. The van der Waals surface area contributed by atoms with Crippen molar-refractivity contribution in [2.45, 2.75) is 13.0 Å². The number of carboxylic acid groups (broad SMARTS) is 1. The van der Waals surface area contributed by atoms with E-state index in [9.17, 15) is 9.90 Å². The van der Waals surface area contributed by atoms with Gasteiger partial charge in [0, 0.05) is 17.2 Å². The van der Waals surface area contributed by atoms with E-state index in [1.54, 1.807) is 12.3 Å². The van der Waals surface area contributed by atoms with Gasteiger partial charge in [-0.15, -0.1) is 0 Å². The Morgan fingerprint density at radius 3 is 3.12 bits per heavy atom. The molecule has 2 heterocycles. The lowest BCUT2D eigenvalue weighted by atomic mass is 10.2. The number of anilines is 1. The first kappa shape index (κ1) is 12.3. The lowest BCUT2D eigenvalue weighted by molar-refractivity contribution is 0.0694. The number of rotatable bonds is 2. The standard InChI is InChI=1S/C11H13BrN2O3/c1-7-6-17-3-2-14(7)10-9(11(15)16)4-8(12)5-13-10/h4-5,7H,2-3,6H2,1H3,(H,15,16). The van der Waals surface area contributed by atoms with Crippen molar-refractivity contribution in [2.75, 3.05) is 24.7 Å². The van der Waals surface area contributed by atoms with Crippen LogP contribution in [0.2, 0.25) is 0 Å². The lowest BCUT2D eigenvalue weighted by Gasteiger charge is -2.34. The third kappa shape index (κ3) is 2.58. The molecular weight excluding hydrogens is 288 g/mol. The second-order valence-corrected chi connectivity index (χ2v) is 4.86.